The van der Waals surface area contributed by atoms with Crippen LogP contribution in [0, 0.1) is 11.8 Å². The molecule has 0 rings (SSSR count). The van der Waals surface area contributed by atoms with E-state index < -0.39 is 0 Å². The van der Waals surface area contributed by atoms with Gasteiger partial charge in [0.2, 0.25) is 0 Å². The molecule has 0 aromatic carbocycles. The number of esters is 1. The standard InChI is InChI=1S/C10H18O3/c1-7(2)8(3)9(6-11)5-10(12)13-4/h7,9,11H,3,5-6H2,1-2,4H3. The average Bonchev–Trinajstić information content (AvgIpc) is 2.12. The van der Waals surface area contributed by atoms with Crippen molar-refractivity contribution < 1.29 is 14.6 Å². The van der Waals surface area contributed by atoms with Gasteiger partial charge in [-0.15, -0.1) is 0 Å². The highest BCUT2D eigenvalue weighted by Crippen LogP contribution is 2.20. The molecular weight excluding hydrogens is 168 g/mol. The lowest BCUT2D eigenvalue weighted by Gasteiger charge is -2.18. The normalized spacial score (nSPS) is 12.7. The van der Waals surface area contributed by atoms with E-state index in [1.807, 2.05) is 13.8 Å². The fourth-order valence-corrected chi connectivity index (χ4v) is 1.07. The van der Waals surface area contributed by atoms with Gasteiger partial charge in [-0.3, -0.25) is 4.79 Å². The van der Waals surface area contributed by atoms with Crippen molar-refractivity contribution in [1.82, 2.24) is 0 Å². The molecule has 0 aliphatic carbocycles. The summed E-state index contributed by atoms with van der Waals surface area (Å²) in [6, 6.07) is 0. The predicted octanol–water partition coefficient (Wildman–Crippen LogP) is 1.37. The molecule has 3 heteroatoms. The smallest absolute Gasteiger partial charge is 0.306 e. The topological polar surface area (TPSA) is 46.5 Å². The molecular formula is C10H18O3. The van der Waals surface area contributed by atoms with Gasteiger partial charge in [0.15, 0.2) is 0 Å². The Hall–Kier alpha value is -0.830. The van der Waals surface area contributed by atoms with Crippen molar-refractivity contribution in [1.29, 1.82) is 0 Å². The molecule has 0 aromatic heterocycles. The number of hydrogen-bond acceptors (Lipinski definition) is 3. The minimum atomic E-state index is -0.305. The lowest BCUT2D eigenvalue weighted by Crippen LogP contribution is -2.17. The van der Waals surface area contributed by atoms with Gasteiger partial charge in [0.25, 0.3) is 0 Å². The van der Waals surface area contributed by atoms with Gasteiger partial charge >= 0.3 is 5.97 Å². The molecule has 1 unspecified atom stereocenters. The van der Waals surface area contributed by atoms with Crippen LogP contribution in [0.15, 0.2) is 12.2 Å². The van der Waals surface area contributed by atoms with Gasteiger partial charge < -0.3 is 9.84 Å². The highest BCUT2D eigenvalue weighted by Gasteiger charge is 2.18. The van der Waals surface area contributed by atoms with E-state index in [1.54, 1.807) is 0 Å². The molecule has 0 saturated carbocycles. The molecule has 0 aromatic rings. The number of carbonyl (C=O) groups excluding carboxylic acids is 1. The average molecular weight is 186 g/mol. The van der Waals surface area contributed by atoms with Crippen LogP contribution in [-0.2, 0) is 9.53 Å². The molecule has 0 aliphatic heterocycles. The summed E-state index contributed by atoms with van der Waals surface area (Å²) in [7, 11) is 1.34. The summed E-state index contributed by atoms with van der Waals surface area (Å²) in [5.41, 5.74) is 0.896. The summed E-state index contributed by atoms with van der Waals surface area (Å²) < 4.78 is 4.52. The molecule has 13 heavy (non-hydrogen) atoms. The van der Waals surface area contributed by atoms with E-state index in [1.165, 1.54) is 7.11 Å². The Bertz CT molecular complexity index is 185. The summed E-state index contributed by atoms with van der Waals surface area (Å²) in [6.07, 6.45) is 0.212. The number of carbonyl (C=O) groups is 1. The second-order valence-electron chi connectivity index (χ2n) is 3.39. The van der Waals surface area contributed by atoms with E-state index in [2.05, 4.69) is 11.3 Å². The SMILES string of the molecule is C=C(C(C)C)C(CO)CC(=O)OC. The van der Waals surface area contributed by atoms with Crippen LogP contribution >= 0.6 is 0 Å². The van der Waals surface area contributed by atoms with Gasteiger partial charge in [0.05, 0.1) is 20.1 Å². The maximum absolute atomic E-state index is 10.9. The van der Waals surface area contributed by atoms with E-state index in [0.29, 0.717) is 0 Å². The Morgan fingerprint density at radius 3 is 2.38 bits per heavy atom. The van der Waals surface area contributed by atoms with Crippen LogP contribution < -0.4 is 0 Å². The third-order valence-corrected chi connectivity index (χ3v) is 2.13. The summed E-state index contributed by atoms with van der Waals surface area (Å²) in [4.78, 5) is 10.9. The Balaban J connectivity index is 4.18. The predicted molar refractivity (Wildman–Crippen MR) is 51.2 cm³/mol. The lowest BCUT2D eigenvalue weighted by molar-refractivity contribution is -0.141. The second kappa shape index (κ2) is 5.75. The van der Waals surface area contributed by atoms with Gasteiger partial charge in [-0.1, -0.05) is 26.0 Å². The zero-order valence-corrected chi connectivity index (χ0v) is 8.54. The first kappa shape index (κ1) is 12.2. The van der Waals surface area contributed by atoms with E-state index in [-0.39, 0.29) is 30.8 Å². The molecule has 0 spiro atoms. The summed E-state index contributed by atoms with van der Waals surface area (Å²) in [6.45, 7) is 7.77. The number of hydrogen-bond donors (Lipinski definition) is 1. The Morgan fingerprint density at radius 2 is 2.08 bits per heavy atom. The van der Waals surface area contributed by atoms with E-state index in [4.69, 9.17) is 5.11 Å². The largest absolute Gasteiger partial charge is 0.469 e. The van der Waals surface area contributed by atoms with Gasteiger partial charge in [-0.05, 0) is 5.92 Å². The van der Waals surface area contributed by atoms with Crippen molar-refractivity contribution in [2.24, 2.45) is 11.8 Å². The third kappa shape index (κ3) is 4.08. The molecule has 3 nitrogen and oxygen atoms in total. The monoisotopic (exact) mass is 186 g/mol. The molecule has 0 fully saturated rings. The van der Waals surface area contributed by atoms with Crippen molar-refractivity contribution in [3.05, 3.63) is 12.2 Å². The maximum Gasteiger partial charge on any atom is 0.306 e. The van der Waals surface area contributed by atoms with E-state index in [9.17, 15) is 4.79 Å². The first-order chi connectivity index (χ1) is 6.02. The molecule has 0 heterocycles. The highest BCUT2D eigenvalue weighted by atomic mass is 16.5. The fraction of sp³-hybridized carbons (Fsp3) is 0.700. The molecule has 1 N–H and O–H groups in total. The highest BCUT2D eigenvalue weighted by molar-refractivity contribution is 5.69. The van der Waals surface area contributed by atoms with Crippen molar-refractivity contribution in [2.45, 2.75) is 20.3 Å². The molecule has 0 bridgehead atoms. The second-order valence-corrected chi connectivity index (χ2v) is 3.39. The van der Waals surface area contributed by atoms with Gasteiger partial charge in [0.1, 0.15) is 0 Å². The number of aliphatic hydroxyl groups excluding tert-OH is 1. The quantitative estimate of drug-likeness (QED) is 0.521. The number of ether oxygens (including phenoxy) is 1. The van der Waals surface area contributed by atoms with Crippen molar-refractivity contribution in [2.75, 3.05) is 13.7 Å². The minimum absolute atomic E-state index is 0.0495. The first-order valence-electron chi connectivity index (χ1n) is 4.39. The summed E-state index contributed by atoms with van der Waals surface area (Å²) in [5, 5.41) is 9.02. The molecule has 76 valence electrons. The van der Waals surface area contributed by atoms with E-state index in [0.717, 1.165) is 5.57 Å². The van der Waals surface area contributed by atoms with Crippen molar-refractivity contribution in [3.63, 3.8) is 0 Å². The summed E-state index contributed by atoms with van der Waals surface area (Å²) in [5.74, 6) is -0.199. The van der Waals surface area contributed by atoms with Crippen LogP contribution in [0.4, 0.5) is 0 Å². The van der Waals surface area contributed by atoms with Gasteiger partial charge in [0, 0.05) is 5.92 Å². The van der Waals surface area contributed by atoms with Gasteiger partial charge in [-0.2, -0.15) is 0 Å². The molecule has 0 saturated heterocycles. The van der Waals surface area contributed by atoms with Gasteiger partial charge in [-0.25, -0.2) is 0 Å². The van der Waals surface area contributed by atoms with Crippen LogP contribution in [0.3, 0.4) is 0 Å². The number of methoxy groups -OCH3 is 1. The van der Waals surface area contributed by atoms with Crippen molar-refractivity contribution in [3.8, 4) is 0 Å². The van der Waals surface area contributed by atoms with Crippen LogP contribution in [-0.4, -0.2) is 24.8 Å². The molecule has 0 aliphatic rings. The Kier molecular flexibility index (Phi) is 5.39. The zero-order valence-electron chi connectivity index (χ0n) is 8.54. The summed E-state index contributed by atoms with van der Waals surface area (Å²) >= 11 is 0. The molecule has 0 amide bonds. The molecule has 0 radical (unpaired) electrons. The van der Waals surface area contributed by atoms with Crippen LogP contribution in [0.1, 0.15) is 20.3 Å². The maximum atomic E-state index is 10.9. The fourth-order valence-electron chi connectivity index (χ4n) is 1.07. The lowest BCUT2D eigenvalue weighted by atomic mass is 9.89. The van der Waals surface area contributed by atoms with Crippen LogP contribution in [0.2, 0.25) is 0 Å². The first-order valence-corrected chi connectivity index (χ1v) is 4.39. The Labute approximate surface area is 79.4 Å². The number of rotatable bonds is 5. The minimum Gasteiger partial charge on any atom is -0.469 e. The zero-order chi connectivity index (χ0) is 10.4. The van der Waals surface area contributed by atoms with E-state index >= 15 is 0 Å². The number of aliphatic hydroxyl groups is 1. The van der Waals surface area contributed by atoms with Crippen molar-refractivity contribution >= 4 is 5.97 Å². The third-order valence-electron chi connectivity index (χ3n) is 2.13. The molecule has 1 atom stereocenters. The Morgan fingerprint density at radius 1 is 1.54 bits per heavy atom. The van der Waals surface area contributed by atoms with Crippen LogP contribution in [0.5, 0.6) is 0 Å². The van der Waals surface area contributed by atoms with Crippen LogP contribution in [0.25, 0.3) is 0 Å².